The first-order valence-electron chi connectivity index (χ1n) is 6.63. The summed E-state index contributed by atoms with van der Waals surface area (Å²) in [4.78, 5) is 0. The van der Waals surface area contributed by atoms with Gasteiger partial charge < -0.3 is 10.1 Å². The van der Waals surface area contributed by atoms with Crippen molar-refractivity contribution in [3.63, 3.8) is 0 Å². The number of benzene rings is 2. The zero-order chi connectivity index (χ0) is 12.4. The summed E-state index contributed by atoms with van der Waals surface area (Å²) in [5.41, 5.74) is 1.39. The van der Waals surface area contributed by atoms with Gasteiger partial charge in [-0.25, -0.2) is 0 Å². The lowest BCUT2D eigenvalue weighted by atomic mass is 9.89. The number of nitrogens with one attached hydrogen (secondary N) is 1. The van der Waals surface area contributed by atoms with Gasteiger partial charge in [-0.3, -0.25) is 0 Å². The Morgan fingerprint density at radius 3 is 2.78 bits per heavy atom. The van der Waals surface area contributed by atoms with E-state index in [2.05, 4.69) is 47.8 Å². The Bertz CT molecular complexity index is 526. The van der Waals surface area contributed by atoms with Crippen molar-refractivity contribution in [2.75, 3.05) is 20.3 Å². The average molecular weight is 241 g/mol. The minimum atomic E-state index is 0.388. The molecule has 0 saturated carbocycles. The van der Waals surface area contributed by atoms with E-state index in [9.17, 15) is 0 Å². The van der Waals surface area contributed by atoms with Crippen LogP contribution < -0.4 is 5.32 Å². The predicted octanol–water partition coefficient (Wildman–Crippen LogP) is 3.14. The van der Waals surface area contributed by atoms with Crippen LogP contribution in [0.25, 0.3) is 10.8 Å². The summed E-state index contributed by atoms with van der Waals surface area (Å²) in [6, 6.07) is 15.6. The van der Waals surface area contributed by atoms with E-state index in [1.165, 1.54) is 16.3 Å². The second-order valence-electron chi connectivity index (χ2n) is 4.96. The molecule has 3 rings (SSSR count). The Morgan fingerprint density at radius 2 is 2.00 bits per heavy atom. The number of hydrogen-bond donors (Lipinski definition) is 1. The van der Waals surface area contributed by atoms with Crippen molar-refractivity contribution in [2.24, 2.45) is 5.92 Å². The van der Waals surface area contributed by atoms with Crippen LogP contribution in [0.5, 0.6) is 0 Å². The molecule has 18 heavy (non-hydrogen) atoms. The minimum Gasteiger partial charge on any atom is -0.381 e. The van der Waals surface area contributed by atoms with E-state index in [0.717, 1.165) is 19.6 Å². The number of rotatable bonds is 3. The molecule has 2 aromatic rings. The molecule has 1 aliphatic rings. The lowest BCUT2D eigenvalue weighted by molar-refractivity contribution is 0.178. The molecular formula is C16H19NO. The zero-order valence-electron chi connectivity index (χ0n) is 10.7. The summed E-state index contributed by atoms with van der Waals surface area (Å²) in [7, 11) is 2.05. The highest BCUT2D eigenvalue weighted by Crippen LogP contribution is 2.32. The van der Waals surface area contributed by atoms with Crippen LogP contribution in [0.3, 0.4) is 0 Å². The molecule has 2 unspecified atom stereocenters. The number of fused-ring (bicyclic) bond motifs is 1. The molecule has 94 valence electrons. The van der Waals surface area contributed by atoms with E-state index < -0.39 is 0 Å². The third kappa shape index (κ3) is 2.02. The van der Waals surface area contributed by atoms with Gasteiger partial charge in [0.05, 0.1) is 6.61 Å². The van der Waals surface area contributed by atoms with Gasteiger partial charge in [0, 0.05) is 18.6 Å². The summed E-state index contributed by atoms with van der Waals surface area (Å²) in [5, 5.41) is 6.14. The van der Waals surface area contributed by atoms with E-state index in [1.807, 2.05) is 7.05 Å². The highest BCUT2D eigenvalue weighted by atomic mass is 16.5. The normalized spacial score (nSPS) is 21.3. The van der Waals surface area contributed by atoms with Gasteiger partial charge in [-0.1, -0.05) is 42.5 Å². The molecule has 0 aliphatic carbocycles. The van der Waals surface area contributed by atoms with Crippen LogP contribution >= 0.6 is 0 Å². The summed E-state index contributed by atoms with van der Waals surface area (Å²) in [6.45, 7) is 1.77. The van der Waals surface area contributed by atoms with Crippen LogP contribution in [0, 0.1) is 5.92 Å². The van der Waals surface area contributed by atoms with Crippen molar-refractivity contribution < 1.29 is 4.74 Å². The molecule has 2 heteroatoms. The summed E-state index contributed by atoms with van der Waals surface area (Å²) >= 11 is 0. The average Bonchev–Trinajstić information content (AvgIpc) is 2.94. The van der Waals surface area contributed by atoms with Gasteiger partial charge in [0.2, 0.25) is 0 Å². The monoisotopic (exact) mass is 241 g/mol. The fourth-order valence-electron chi connectivity index (χ4n) is 2.98. The van der Waals surface area contributed by atoms with E-state index >= 15 is 0 Å². The van der Waals surface area contributed by atoms with Crippen molar-refractivity contribution in [3.8, 4) is 0 Å². The second-order valence-corrected chi connectivity index (χ2v) is 4.96. The SMILES string of the molecule is CNC(c1cccc2ccccc12)C1CCOC1. The van der Waals surface area contributed by atoms with Gasteiger partial charge >= 0.3 is 0 Å². The molecule has 0 radical (unpaired) electrons. The van der Waals surface area contributed by atoms with Gasteiger partial charge in [-0.2, -0.15) is 0 Å². The van der Waals surface area contributed by atoms with Gasteiger partial charge in [0.15, 0.2) is 0 Å². The highest BCUT2D eigenvalue weighted by molar-refractivity contribution is 5.86. The molecule has 2 nitrogen and oxygen atoms in total. The summed E-state index contributed by atoms with van der Waals surface area (Å²) in [6.07, 6.45) is 1.15. The first-order valence-corrected chi connectivity index (χ1v) is 6.63. The standard InChI is InChI=1S/C16H19NO/c1-17-16(13-9-10-18-11-13)15-8-4-6-12-5-2-3-7-14(12)15/h2-8,13,16-17H,9-11H2,1H3. The summed E-state index contributed by atoms with van der Waals surface area (Å²) < 4.78 is 5.53. The maximum absolute atomic E-state index is 5.53. The zero-order valence-corrected chi connectivity index (χ0v) is 10.7. The highest BCUT2D eigenvalue weighted by Gasteiger charge is 2.26. The molecule has 1 aliphatic heterocycles. The summed E-state index contributed by atoms with van der Waals surface area (Å²) in [5.74, 6) is 0.584. The topological polar surface area (TPSA) is 21.3 Å². The van der Waals surface area contributed by atoms with Crippen molar-refractivity contribution >= 4 is 10.8 Å². The van der Waals surface area contributed by atoms with Crippen molar-refractivity contribution in [3.05, 3.63) is 48.0 Å². The molecule has 0 bridgehead atoms. The first-order chi connectivity index (χ1) is 8.90. The fourth-order valence-corrected chi connectivity index (χ4v) is 2.98. The molecule has 1 N–H and O–H groups in total. The second kappa shape index (κ2) is 5.09. The Morgan fingerprint density at radius 1 is 1.17 bits per heavy atom. The van der Waals surface area contributed by atoms with Gasteiger partial charge in [-0.15, -0.1) is 0 Å². The third-order valence-electron chi connectivity index (χ3n) is 3.91. The Kier molecular flexibility index (Phi) is 3.31. The quantitative estimate of drug-likeness (QED) is 0.891. The van der Waals surface area contributed by atoms with E-state index in [4.69, 9.17) is 4.74 Å². The van der Waals surface area contributed by atoms with Crippen molar-refractivity contribution in [1.29, 1.82) is 0 Å². The van der Waals surface area contributed by atoms with Gasteiger partial charge in [-0.05, 0) is 29.8 Å². The molecular weight excluding hydrogens is 222 g/mol. The molecule has 0 spiro atoms. The molecule has 2 atom stereocenters. The molecule has 1 heterocycles. The predicted molar refractivity (Wildman–Crippen MR) is 74.7 cm³/mol. The maximum atomic E-state index is 5.53. The van der Waals surface area contributed by atoms with Crippen LogP contribution in [0.4, 0.5) is 0 Å². The van der Waals surface area contributed by atoms with Gasteiger partial charge in [0.25, 0.3) is 0 Å². The van der Waals surface area contributed by atoms with Crippen LogP contribution in [0.15, 0.2) is 42.5 Å². The molecule has 2 aromatic carbocycles. The molecule has 1 fully saturated rings. The Labute approximate surface area is 108 Å². The van der Waals surface area contributed by atoms with Crippen LogP contribution in [-0.4, -0.2) is 20.3 Å². The number of hydrogen-bond acceptors (Lipinski definition) is 2. The van der Waals surface area contributed by atoms with E-state index in [-0.39, 0.29) is 0 Å². The lowest BCUT2D eigenvalue weighted by Crippen LogP contribution is -2.25. The lowest BCUT2D eigenvalue weighted by Gasteiger charge is -2.23. The third-order valence-corrected chi connectivity index (χ3v) is 3.91. The molecule has 0 amide bonds. The molecule has 1 saturated heterocycles. The van der Waals surface area contributed by atoms with Crippen molar-refractivity contribution in [2.45, 2.75) is 12.5 Å². The Balaban J connectivity index is 2.06. The Hall–Kier alpha value is -1.38. The smallest absolute Gasteiger partial charge is 0.0513 e. The van der Waals surface area contributed by atoms with E-state index in [0.29, 0.717) is 12.0 Å². The fraction of sp³-hybridized carbons (Fsp3) is 0.375. The number of ether oxygens (including phenoxy) is 1. The van der Waals surface area contributed by atoms with Crippen molar-refractivity contribution in [1.82, 2.24) is 5.32 Å². The van der Waals surface area contributed by atoms with Crippen LogP contribution in [0.1, 0.15) is 18.0 Å². The van der Waals surface area contributed by atoms with Crippen LogP contribution in [0.2, 0.25) is 0 Å². The minimum absolute atomic E-state index is 0.388. The molecule has 0 aromatic heterocycles. The van der Waals surface area contributed by atoms with Gasteiger partial charge in [0.1, 0.15) is 0 Å². The largest absolute Gasteiger partial charge is 0.381 e. The first kappa shape index (κ1) is 11.7. The maximum Gasteiger partial charge on any atom is 0.0513 e. The van der Waals surface area contributed by atoms with E-state index in [1.54, 1.807) is 0 Å². The van der Waals surface area contributed by atoms with Crippen LogP contribution in [-0.2, 0) is 4.74 Å².